The molecule has 1 aromatic heterocycles. The molecule has 52 valence electrons. The van der Waals surface area contributed by atoms with E-state index in [1.807, 2.05) is 0 Å². The number of hydrogen-bond donors (Lipinski definition) is 1. The van der Waals surface area contributed by atoms with Gasteiger partial charge in [-0.05, 0) is 6.92 Å². The molecule has 3 nitrogen and oxygen atoms in total. The Morgan fingerprint density at radius 2 is 2.60 bits per heavy atom. The summed E-state index contributed by atoms with van der Waals surface area (Å²) in [7, 11) is 0. The van der Waals surface area contributed by atoms with E-state index in [9.17, 15) is 5.11 Å². The molecule has 1 rings (SSSR count). The van der Waals surface area contributed by atoms with E-state index in [1.54, 1.807) is 0 Å². The maximum atomic E-state index is 9.36. The summed E-state index contributed by atoms with van der Waals surface area (Å²) in [6.45, 7) is 1.51. The molecule has 1 aromatic rings. The quantitative estimate of drug-likeness (QED) is 0.595. The van der Waals surface area contributed by atoms with Crippen molar-refractivity contribution in [1.29, 1.82) is 0 Å². The molecule has 1 N–H and O–H groups in total. The summed E-state index contributed by atoms with van der Waals surface area (Å²) >= 11 is 1.24. The highest BCUT2D eigenvalue weighted by Crippen LogP contribution is 2.19. The van der Waals surface area contributed by atoms with Crippen LogP contribution in [0.1, 0.15) is 11.9 Å². The number of hydrogen-bond acceptors (Lipinski definition) is 4. The topological polar surface area (TPSA) is 46.0 Å². The molecule has 0 aliphatic rings. The van der Waals surface area contributed by atoms with Crippen LogP contribution in [0.4, 0.5) is 0 Å². The molecule has 0 fully saturated rings. The summed E-state index contributed by atoms with van der Waals surface area (Å²) in [5, 5.41) is 17.0. The lowest BCUT2D eigenvalue weighted by molar-refractivity contribution is 0.121. The third kappa shape index (κ3) is 1.15. The minimum Gasteiger partial charge on any atom is -0.371 e. The van der Waals surface area contributed by atoms with Gasteiger partial charge in [-0.15, -0.1) is 28.0 Å². The van der Waals surface area contributed by atoms with Crippen LogP contribution in [-0.4, -0.2) is 15.3 Å². The van der Waals surface area contributed by atoms with E-state index in [4.69, 9.17) is 6.42 Å². The van der Waals surface area contributed by atoms with Gasteiger partial charge in [0.05, 0.1) is 0 Å². The summed E-state index contributed by atoms with van der Waals surface area (Å²) in [6, 6.07) is 0. The third-order valence-electron chi connectivity index (χ3n) is 1.06. The molecule has 0 saturated heterocycles. The smallest absolute Gasteiger partial charge is 0.176 e. The Hall–Kier alpha value is -0.920. The summed E-state index contributed by atoms with van der Waals surface area (Å²) in [5.41, 5.74) is 0.266. The van der Waals surface area contributed by atoms with Crippen molar-refractivity contribution in [3.63, 3.8) is 0 Å². The Labute approximate surface area is 62.7 Å². The number of aromatic nitrogens is 2. The molecule has 0 saturated carbocycles. The molecule has 0 aliphatic carbocycles. The SMILES string of the molecule is C#CC(C)(O)c1nncs1. The fourth-order valence-electron chi connectivity index (χ4n) is 0.447. The minimum atomic E-state index is -1.26. The minimum absolute atomic E-state index is 0.454. The maximum Gasteiger partial charge on any atom is 0.176 e. The normalized spacial score (nSPS) is 15.7. The highest BCUT2D eigenvalue weighted by molar-refractivity contribution is 7.09. The van der Waals surface area contributed by atoms with Crippen molar-refractivity contribution in [2.75, 3.05) is 0 Å². The van der Waals surface area contributed by atoms with Crippen molar-refractivity contribution in [3.05, 3.63) is 10.5 Å². The average Bonchev–Trinajstić information content (AvgIpc) is 2.38. The van der Waals surface area contributed by atoms with Gasteiger partial charge < -0.3 is 5.11 Å². The summed E-state index contributed by atoms with van der Waals surface area (Å²) in [5.74, 6) is 2.21. The Morgan fingerprint density at radius 3 is 3.00 bits per heavy atom. The van der Waals surface area contributed by atoms with Crippen LogP contribution in [-0.2, 0) is 5.60 Å². The molecular weight excluding hydrogens is 148 g/mol. The zero-order valence-corrected chi connectivity index (χ0v) is 6.22. The first-order valence-electron chi connectivity index (χ1n) is 2.63. The van der Waals surface area contributed by atoms with Crippen LogP contribution >= 0.6 is 11.3 Å². The number of rotatable bonds is 1. The van der Waals surface area contributed by atoms with Crippen molar-refractivity contribution >= 4 is 11.3 Å². The molecule has 10 heavy (non-hydrogen) atoms. The second-order valence-corrected chi connectivity index (χ2v) is 2.79. The molecule has 1 atom stereocenters. The monoisotopic (exact) mass is 154 g/mol. The van der Waals surface area contributed by atoms with Gasteiger partial charge in [0.1, 0.15) is 5.51 Å². The molecule has 0 amide bonds. The molecule has 0 bridgehead atoms. The summed E-state index contributed by atoms with van der Waals surface area (Å²) in [4.78, 5) is 0. The number of nitrogens with zero attached hydrogens (tertiary/aromatic N) is 2. The van der Waals surface area contributed by atoms with Gasteiger partial charge in [0.25, 0.3) is 0 Å². The first-order valence-corrected chi connectivity index (χ1v) is 3.51. The van der Waals surface area contributed by atoms with Crippen LogP contribution in [0.3, 0.4) is 0 Å². The van der Waals surface area contributed by atoms with Gasteiger partial charge in [0.2, 0.25) is 0 Å². The predicted octanol–water partition coefficient (Wildman–Crippen LogP) is 0.379. The molecular formula is C6H6N2OS. The van der Waals surface area contributed by atoms with Gasteiger partial charge >= 0.3 is 0 Å². The van der Waals surface area contributed by atoms with Crippen LogP contribution in [0.25, 0.3) is 0 Å². The molecule has 0 aromatic carbocycles. The molecule has 1 heterocycles. The fourth-order valence-corrected chi connectivity index (χ4v) is 1.02. The summed E-state index contributed by atoms with van der Waals surface area (Å²) in [6.07, 6.45) is 5.04. The van der Waals surface area contributed by atoms with E-state index in [0.717, 1.165) is 0 Å². The van der Waals surface area contributed by atoms with Gasteiger partial charge in [-0.1, -0.05) is 5.92 Å². The molecule has 0 spiro atoms. The second-order valence-electron chi connectivity index (χ2n) is 1.96. The van der Waals surface area contributed by atoms with Crippen LogP contribution < -0.4 is 0 Å². The Kier molecular flexibility index (Phi) is 1.70. The molecule has 0 radical (unpaired) electrons. The van der Waals surface area contributed by atoms with Gasteiger partial charge in [-0.2, -0.15) is 0 Å². The zero-order valence-electron chi connectivity index (χ0n) is 5.40. The van der Waals surface area contributed by atoms with E-state index in [2.05, 4.69) is 16.1 Å². The van der Waals surface area contributed by atoms with Crippen molar-refractivity contribution in [3.8, 4) is 12.3 Å². The summed E-state index contributed by atoms with van der Waals surface area (Å²) < 4.78 is 0. The van der Waals surface area contributed by atoms with E-state index < -0.39 is 5.60 Å². The van der Waals surface area contributed by atoms with Crippen molar-refractivity contribution in [2.24, 2.45) is 0 Å². The van der Waals surface area contributed by atoms with Crippen molar-refractivity contribution in [2.45, 2.75) is 12.5 Å². The average molecular weight is 154 g/mol. The van der Waals surface area contributed by atoms with Crippen LogP contribution in [0.2, 0.25) is 0 Å². The van der Waals surface area contributed by atoms with Crippen LogP contribution in [0.15, 0.2) is 5.51 Å². The lowest BCUT2D eigenvalue weighted by Gasteiger charge is -2.09. The van der Waals surface area contributed by atoms with E-state index >= 15 is 0 Å². The van der Waals surface area contributed by atoms with E-state index in [1.165, 1.54) is 23.8 Å². The van der Waals surface area contributed by atoms with Gasteiger partial charge in [0.15, 0.2) is 10.6 Å². The zero-order chi connectivity index (χ0) is 7.61. The first kappa shape index (κ1) is 7.19. The standard InChI is InChI=1S/C6H6N2OS/c1-3-6(2,9)5-8-7-4-10-5/h1,4,9H,2H3. The lowest BCUT2D eigenvalue weighted by atomic mass is 10.1. The lowest BCUT2D eigenvalue weighted by Crippen LogP contribution is -2.17. The van der Waals surface area contributed by atoms with Gasteiger partial charge in [-0.25, -0.2) is 0 Å². The van der Waals surface area contributed by atoms with E-state index in [-0.39, 0.29) is 0 Å². The second kappa shape index (κ2) is 2.37. The van der Waals surface area contributed by atoms with Crippen molar-refractivity contribution in [1.82, 2.24) is 10.2 Å². The van der Waals surface area contributed by atoms with Crippen LogP contribution in [0, 0.1) is 12.3 Å². The Bertz CT molecular complexity index is 247. The van der Waals surface area contributed by atoms with Crippen LogP contribution in [0.5, 0.6) is 0 Å². The first-order chi connectivity index (χ1) is 4.67. The molecule has 1 unspecified atom stereocenters. The number of terminal acetylenes is 1. The maximum absolute atomic E-state index is 9.36. The van der Waals surface area contributed by atoms with E-state index in [0.29, 0.717) is 5.01 Å². The Balaban J connectivity index is 2.99. The molecule has 4 heteroatoms. The largest absolute Gasteiger partial charge is 0.371 e. The number of aliphatic hydroxyl groups is 1. The van der Waals surface area contributed by atoms with Crippen molar-refractivity contribution < 1.29 is 5.11 Å². The highest BCUT2D eigenvalue weighted by Gasteiger charge is 2.22. The molecule has 0 aliphatic heterocycles. The highest BCUT2D eigenvalue weighted by atomic mass is 32.1. The Morgan fingerprint density at radius 1 is 1.90 bits per heavy atom. The third-order valence-corrected chi connectivity index (χ3v) is 1.96. The van der Waals surface area contributed by atoms with Gasteiger partial charge in [-0.3, -0.25) is 0 Å². The fraction of sp³-hybridized carbons (Fsp3) is 0.333. The van der Waals surface area contributed by atoms with Gasteiger partial charge in [0, 0.05) is 0 Å². The predicted molar refractivity (Wildman–Crippen MR) is 38.3 cm³/mol.